The van der Waals surface area contributed by atoms with Gasteiger partial charge in [-0.25, -0.2) is 4.39 Å². The SMILES string of the molecule is OC[C@H]1OC[C@@H](F)[C]1O. The van der Waals surface area contributed by atoms with Gasteiger partial charge < -0.3 is 14.9 Å². The van der Waals surface area contributed by atoms with Crippen molar-refractivity contribution in [1.29, 1.82) is 0 Å². The van der Waals surface area contributed by atoms with Crippen molar-refractivity contribution in [2.45, 2.75) is 12.3 Å². The predicted molar refractivity (Wildman–Crippen MR) is 26.9 cm³/mol. The van der Waals surface area contributed by atoms with Crippen LogP contribution in [-0.2, 0) is 4.74 Å². The van der Waals surface area contributed by atoms with Crippen molar-refractivity contribution in [3.05, 3.63) is 6.10 Å². The van der Waals surface area contributed by atoms with Gasteiger partial charge in [0, 0.05) is 0 Å². The van der Waals surface area contributed by atoms with Gasteiger partial charge in [0.2, 0.25) is 0 Å². The largest absolute Gasteiger partial charge is 0.394 e. The second kappa shape index (κ2) is 2.60. The van der Waals surface area contributed by atoms with Crippen LogP contribution in [0.2, 0.25) is 0 Å². The van der Waals surface area contributed by atoms with Crippen LogP contribution in [0.1, 0.15) is 0 Å². The average Bonchev–Trinajstić information content (AvgIpc) is 2.15. The minimum absolute atomic E-state index is 0.142. The van der Waals surface area contributed by atoms with Crippen molar-refractivity contribution in [3.8, 4) is 0 Å². The monoisotopic (exact) mass is 135 g/mol. The second-order valence-electron chi connectivity index (χ2n) is 1.90. The molecule has 2 atom stereocenters. The summed E-state index contributed by atoms with van der Waals surface area (Å²) >= 11 is 0. The van der Waals surface area contributed by atoms with E-state index in [0.29, 0.717) is 0 Å². The number of hydrogen-bond acceptors (Lipinski definition) is 3. The topological polar surface area (TPSA) is 49.7 Å². The van der Waals surface area contributed by atoms with Crippen LogP contribution in [0.25, 0.3) is 0 Å². The summed E-state index contributed by atoms with van der Waals surface area (Å²) in [6.07, 6.45) is -2.61. The van der Waals surface area contributed by atoms with Crippen molar-refractivity contribution in [1.82, 2.24) is 0 Å². The molecule has 1 fully saturated rings. The summed E-state index contributed by atoms with van der Waals surface area (Å²) in [6, 6.07) is 0. The van der Waals surface area contributed by atoms with E-state index in [-0.39, 0.29) is 13.2 Å². The zero-order valence-corrected chi connectivity index (χ0v) is 4.75. The maximum absolute atomic E-state index is 12.2. The van der Waals surface area contributed by atoms with E-state index >= 15 is 0 Å². The third-order valence-electron chi connectivity index (χ3n) is 1.26. The fourth-order valence-corrected chi connectivity index (χ4v) is 0.719. The Morgan fingerprint density at radius 1 is 1.78 bits per heavy atom. The van der Waals surface area contributed by atoms with Gasteiger partial charge in [0.25, 0.3) is 0 Å². The number of aliphatic hydroxyl groups is 2. The number of halogens is 1. The Hall–Kier alpha value is -0.190. The Labute approximate surface area is 52.1 Å². The van der Waals surface area contributed by atoms with E-state index in [1.165, 1.54) is 0 Å². The fourth-order valence-electron chi connectivity index (χ4n) is 0.719. The van der Waals surface area contributed by atoms with Crippen LogP contribution >= 0.6 is 0 Å². The molecular formula is C5H8FO3. The van der Waals surface area contributed by atoms with Crippen LogP contribution in [0.3, 0.4) is 0 Å². The van der Waals surface area contributed by atoms with Gasteiger partial charge in [0.15, 0.2) is 12.3 Å². The van der Waals surface area contributed by atoms with Crippen LogP contribution in [0.4, 0.5) is 4.39 Å². The first-order valence-electron chi connectivity index (χ1n) is 2.68. The predicted octanol–water partition coefficient (Wildman–Crippen LogP) is -0.380. The van der Waals surface area contributed by atoms with Gasteiger partial charge in [0.1, 0.15) is 6.10 Å². The van der Waals surface area contributed by atoms with Gasteiger partial charge >= 0.3 is 0 Å². The molecule has 53 valence electrons. The van der Waals surface area contributed by atoms with Crippen LogP contribution in [0, 0.1) is 6.10 Å². The van der Waals surface area contributed by atoms with Crippen molar-refractivity contribution < 1.29 is 19.3 Å². The van der Waals surface area contributed by atoms with E-state index in [0.717, 1.165) is 0 Å². The minimum Gasteiger partial charge on any atom is -0.394 e. The van der Waals surface area contributed by atoms with Crippen molar-refractivity contribution in [2.24, 2.45) is 0 Å². The van der Waals surface area contributed by atoms with Gasteiger partial charge in [-0.3, -0.25) is 0 Å². The number of ether oxygens (including phenoxy) is 1. The normalized spacial score (nSPS) is 37.7. The lowest BCUT2D eigenvalue weighted by Gasteiger charge is -2.07. The summed E-state index contributed by atoms with van der Waals surface area (Å²) in [5, 5.41) is 17.1. The number of hydrogen-bond donors (Lipinski definition) is 2. The molecule has 4 heteroatoms. The fraction of sp³-hybridized carbons (Fsp3) is 0.800. The Bertz CT molecular complexity index is 98.2. The van der Waals surface area contributed by atoms with Gasteiger partial charge in [0.05, 0.1) is 13.2 Å². The second-order valence-corrected chi connectivity index (χ2v) is 1.90. The molecule has 2 N–H and O–H groups in total. The highest BCUT2D eigenvalue weighted by molar-refractivity contribution is 4.98. The lowest BCUT2D eigenvalue weighted by molar-refractivity contribution is 0.0401. The highest BCUT2D eigenvalue weighted by Gasteiger charge is 2.36. The summed E-state index contributed by atoms with van der Waals surface area (Å²) in [7, 11) is 0. The zero-order chi connectivity index (χ0) is 6.85. The third-order valence-corrected chi connectivity index (χ3v) is 1.26. The summed E-state index contributed by atoms with van der Waals surface area (Å²) in [5.74, 6) is 0. The first kappa shape index (κ1) is 6.92. The van der Waals surface area contributed by atoms with Crippen molar-refractivity contribution >= 4 is 0 Å². The van der Waals surface area contributed by atoms with Gasteiger partial charge in [-0.15, -0.1) is 0 Å². The molecule has 0 amide bonds. The molecule has 9 heavy (non-hydrogen) atoms. The van der Waals surface area contributed by atoms with E-state index in [1.807, 2.05) is 0 Å². The van der Waals surface area contributed by atoms with Crippen LogP contribution < -0.4 is 0 Å². The lowest BCUT2D eigenvalue weighted by atomic mass is 10.2. The molecule has 0 spiro atoms. The van der Waals surface area contributed by atoms with E-state index in [2.05, 4.69) is 4.74 Å². The molecule has 0 aromatic rings. The Balaban J connectivity index is 2.41. The number of rotatable bonds is 1. The molecule has 1 heterocycles. The van der Waals surface area contributed by atoms with Crippen LogP contribution in [-0.4, -0.2) is 35.7 Å². The molecule has 1 saturated heterocycles. The maximum Gasteiger partial charge on any atom is 0.160 e. The Morgan fingerprint density at radius 3 is 2.67 bits per heavy atom. The first-order chi connectivity index (χ1) is 4.25. The van der Waals surface area contributed by atoms with E-state index in [4.69, 9.17) is 10.2 Å². The van der Waals surface area contributed by atoms with Crippen LogP contribution in [0.15, 0.2) is 0 Å². The molecule has 1 rings (SSSR count). The standard InChI is InChI=1S/C5H8FO3/c6-3-2-9-4(1-7)5(3)8/h3-4,7-8H,1-2H2/t3-,4-/m1/s1. The molecule has 1 aliphatic heterocycles. The highest BCUT2D eigenvalue weighted by Crippen LogP contribution is 2.22. The van der Waals surface area contributed by atoms with Crippen LogP contribution in [0.5, 0.6) is 0 Å². The van der Waals surface area contributed by atoms with Crippen molar-refractivity contribution in [3.63, 3.8) is 0 Å². The summed E-state index contributed by atoms with van der Waals surface area (Å²) in [6.45, 7) is -0.497. The zero-order valence-electron chi connectivity index (χ0n) is 4.75. The molecule has 0 bridgehead atoms. The number of alkyl halides is 1. The molecular weight excluding hydrogens is 127 g/mol. The van der Waals surface area contributed by atoms with Gasteiger partial charge in [-0.1, -0.05) is 0 Å². The van der Waals surface area contributed by atoms with E-state index in [9.17, 15) is 4.39 Å². The molecule has 3 nitrogen and oxygen atoms in total. The average molecular weight is 135 g/mol. The molecule has 1 aliphatic rings. The molecule has 0 aromatic carbocycles. The van der Waals surface area contributed by atoms with Gasteiger partial charge in [-0.05, 0) is 0 Å². The summed E-state index contributed by atoms with van der Waals surface area (Å²) in [4.78, 5) is 0. The van der Waals surface area contributed by atoms with E-state index < -0.39 is 18.4 Å². The molecule has 1 radical (unpaired) electrons. The molecule has 0 aromatic heterocycles. The Morgan fingerprint density at radius 2 is 2.44 bits per heavy atom. The molecule has 0 saturated carbocycles. The van der Waals surface area contributed by atoms with Crippen molar-refractivity contribution in [2.75, 3.05) is 13.2 Å². The van der Waals surface area contributed by atoms with E-state index in [1.54, 1.807) is 0 Å². The highest BCUT2D eigenvalue weighted by atomic mass is 19.1. The minimum atomic E-state index is -1.41. The first-order valence-corrected chi connectivity index (χ1v) is 2.68. The Kier molecular flexibility index (Phi) is 2.00. The quantitative estimate of drug-likeness (QED) is 0.515. The van der Waals surface area contributed by atoms with Gasteiger partial charge in [-0.2, -0.15) is 0 Å². The molecule has 0 unspecified atom stereocenters. The smallest absolute Gasteiger partial charge is 0.160 e. The maximum atomic E-state index is 12.2. The summed E-state index contributed by atoms with van der Waals surface area (Å²) < 4.78 is 16.8. The summed E-state index contributed by atoms with van der Waals surface area (Å²) in [5.41, 5.74) is 0. The lowest BCUT2D eigenvalue weighted by Crippen LogP contribution is -2.21. The number of aliphatic hydroxyl groups excluding tert-OH is 2. The third kappa shape index (κ3) is 1.20. The molecule has 0 aliphatic carbocycles.